The van der Waals surface area contributed by atoms with Crippen LogP contribution in [0.3, 0.4) is 0 Å². The third-order valence-corrected chi connectivity index (χ3v) is 3.36. The van der Waals surface area contributed by atoms with Crippen molar-refractivity contribution in [3.8, 4) is 0 Å². The van der Waals surface area contributed by atoms with Gasteiger partial charge in [0.1, 0.15) is 5.76 Å². The molecule has 2 aromatic rings. The van der Waals surface area contributed by atoms with Crippen LogP contribution in [0.5, 0.6) is 0 Å². The number of aliphatic hydroxyl groups excluding tert-OH is 1. The van der Waals surface area contributed by atoms with Crippen LogP contribution in [-0.4, -0.2) is 34.3 Å². The Hall–Kier alpha value is -2.21. The largest absolute Gasteiger partial charge is 0.396 e. The molecule has 2 aromatic heterocycles. The highest BCUT2D eigenvalue weighted by atomic mass is 16.5. The average molecular weight is 303 g/mol. The molecule has 2 rings (SSSR count). The molecule has 0 aliphatic carbocycles. The number of aliphatic hydroxyl groups is 1. The van der Waals surface area contributed by atoms with Crippen LogP contribution in [0.25, 0.3) is 0 Å². The quantitative estimate of drug-likeness (QED) is 0.814. The summed E-state index contributed by atoms with van der Waals surface area (Å²) in [6.45, 7) is 4.27. The van der Waals surface area contributed by atoms with Crippen LogP contribution in [0.15, 0.2) is 35.0 Å². The van der Waals surface area contributed by atoms with E-state index >= 15 is 0 Å². The molecule has 1 atom stereocenters. The van der Waals surface area contributed by atoms with E-state index in [1.807, 2.05) is 32.0 Å². The summed E-state index contributed by atoms with van der Waals surface area (Å²) in [5, 5.41) is 16.0. The normalized spacial score (nSPS) is 12.4. The van der Waals surface area contributed by atoms with Gasteiger partial charge in [-0.15, -0.1) is 0 Å². The standard InChI is InChI=1S/C16H21N3O3/c1-11(2)15-8-14(19-22-15)16(21)18-9-12(10-20)7-13-5-3-4-6-17-13/h3-6,8,11-12,20H,7,9-10H2,1-2H3,(H,18,21). The zero-order valence-corrected chi connectivity index (χ0v) is 12.8. The Balaban J connectivity index is 1.88. The van der Waals surface area contributed by atoms with Gasteiger partial charge >= 0.3 is 0 Å². The summed E-state index contributed by atoms with van der Waals surface area (Å²) in [6, 6.07) is 7.29. The third kappa shape index (κ3) is 4.39. The molecule has 0 saturated carbocycles. The molecule has 0 aliphatic heterocycles. The smallest absolute Gasteiger partial charge is 0.273 e. The predicted octanol–water partition coefficient (Wildman–Crippen LogP) is 1.77. The second-order valence-electron chi connectivity index (χ2n) is 5.55. The lowest BCUT2D eigenvalue weighted by atomic mass is 10.0. The van der Waals surface area contributed by atoms with Gasteiger partial charge in [0.25, 0.3) is 5.91 Å². The minimum Gasteiger partial charge on any atom is -0.396 e. The zero-order valence-electron chi connectivity index (χ0n) is 12.8. The lowest BCUT2D eigenvalue weighted by Crippen LogP contribution is -2.32. The summed E-state index contributed by atoms with van der Waals surface area (Å²) in [4.78, 5) is 16.2. The third-order valence-electron chi connectivity index (χ3n) is 3.36. The lowest BCUT2D eigenvalue weighted by molar-refractivity contribution is 0.0930. The molecule has 118 valence electrons. The van der Waals surface area contributed by atoms with Crippen molar-refractivity contribution in [1.82, 2.24) is 15.5 Å². The van der Waals surface area contributed by atoms with Gasteiger partial charge in [-0.05, 0) is 18.6 Å². The number of pyridine rings is 1. The minimum absolute atomic E-state index is 0.0209. The highest BCUT2D eigenvalue weighted by molar-refractivity contribution is 5.92. The first-order valence-electron chi connectivity index (χ1n) is 7.35. The molecule has 6 nitrogen and oxygen atoms in total. The molecule has 6 heteroatoms. The van der Waals surface area contributed by atoms with Crippen LogP contribution in [0.4, 0.5) is 0 Å². The van der Waals surface area contributed by atoms with Crippen LogP contribution in [0.1, 0.15) is 41.7 Å². The molecule has 0 fully saturated rings. The van der Waals surface area contributed by atoms with E-state index in [0.717, 1.165) is 5.69 Å². The molecular formula is C16H21N3O3. The molecule has 2 N–H and O–H groups in total. The Morgan fingerprint density at radius 2 is 2.23 bits per heavy atom. The van der Waals surface area contributed by atoms with Crippen molar-refractivity contribution in [1.29, 1.82) is 0 Å². The van der Waals surface area contributed by atoms with E-state index in [1.54, 1.807) is 12.3 Å². The predicted molar refractivity (Wildman–Crippen MR) is 81.4 cm³/mol. The average Bonchev–Trinajstić information content (AvgIpc) is 3.02. The Morgan fingerprint density at radius 1 is 1.41 bits per heavy atom. The molecule has 0 aromatic carbocycles. The van der Waals surface area contributed by atoms with Crippen molar-refractivity contribution < 1.29 is 14.4 Å². The Morgan fingerprint density at radius 3 is 2.82 bits per heavy atom. The van der Waals surface area contributed by atoms with Gasteiger partial charge in [0.05, 0.1) is 0 Å². The number of carbonyl (C=O) groups is 1. The van der Waals surface area contributed by atoms with Crippen molar-refractivity contribution in [2.45, 2.75) is 26.2 Å². The second-order valence-corrected chi connectivity index (χ2v) is 5.55. The number of nitrogens with zero attached hydrogens (tertiary/aromatic N) is 2. The van der Waals surface area contributed by atoms with E-state index in [0.29, 0.717) is 18.7 Å². The number of aromatic nitrogens is 2. The summed E-state index contributed by atoms with van der Waals surface area (Å²) < 4.78 is 5.11. The van der Waals surface area contributed by atoms with Crippen LogP contribution < -0.4 is 5.32 Å². The molecule has 0 saturated heterocycles. The molecule has 0 spiro atoms. The maximum absolute atomic E-state index is 12.0. The van der Waals surface area contributed by atoms with E-state index < -0.39 is 0 Å². The van der Waals surface area contributed by atoms with Gasteiger partial charge in [-0.25, -0.2) is 0 Å². The van der Waals surface area contributed by atoms with Crippen LogP contribution in [-0.2, 0) is 6.42 Å². The SMILES string of the molecule is CC(C)c1cc(C(=O)NCC(CO)Cc2ccccn2)no1. The fraction of sp³-hybridized carbons (Fsp3) is 0.438. The molecule has 2 heterocycles. The van der Waals surface area contributed by atoms with Crippen LogP contribution >= 0.6 is 0 Å². The van der Waals surface area contributed by atoms with Crippen LogP contribution in [0, 0.1) is 5.92 Å². The first kappa shape index (κ1) is 16.2. The number of hydrogen-bond donors (Lipinski definition) is 2. The van der Waals surface area contributed by atoms with Crippen molar-refractivity contribution >= 4 is 5.91 Å². The summed E-state index contributed by atoms with van der Waals surface area (Å²) in [6.07, 6.45) is 2.32. The highest BCUT2D eigenvalue weighted by Gasteiger charge is 2.16. The Kier molecular flexibility index (Phi) is 5.66. The van der Waals surface area contributed by atoms with Crippen molar-refractivity contribution in [3.05, 3.63) is 47.6 Å². The van der Waals surface area contributed by atoms with Gasteiger partial charge < -0.3 is 14.9 Å². The van der Waals surface area contributed by atoms with E-state index in [2.05, 4.69) is 15.5 Å². The van der Waals surface area contributed by atoms with Gasteiger partial charge in [-0.1, -0.05) is 25.1 Å². The minimum atomic E-state index is -0.296. The monoisotopic (exact) mass is 303 g/mol. The summed E-state index contributed by atoms with van der Waals surface area (Å²) in [5.74, 6) is 0.478. The van der Waals surface area contributed by atoms with Crippen molar-refractivity contribution in [2.75, 3.05) is 13.2 Å². The summed E-state index contributed by atoms with van der Waals surface area (Å²) in [5.41, 5.74) is 1.15. The van der Waals surface area contributed by atoms with Gasteiger partial charge in [-0.3, -0.25) is 9.78 Å². The highest BCUT2D eigenvalue weighted by Crippen LogP contribution is 2.15. The molecule has 1 unspecified atom stereocenters. The molecule has 0 aliphatic rings. The van der Waals surface area contributed by atoms with Gasteiger partial charge in [-0.2, -0.15) is 0 Å². The van der Waals surface area contributed by atoms with E-state index in [4.69, 9.17) is 4.52 Å². The topological polar surface area (TPSA) is 88.2 Å². The van der Waals surface area contributed by atoms with E-state index in [9.17, 15) is 9.90 Å². The zero-order chi connectivity index (χ0) is 15.9. The van der Waals surface area contributed by atoms with Crippen molar-refractivity contribution in [3.63, 3.8) is 0 Å². The molecule has 0 bridgehead atoms. The number of rotatable bonds is 7. The summed E-state index contributed by atoms with van der Waals surface area (Å²) in [7, 11) is 0. The molecule has 22 heavy (non-hydrogen) atoms. The molecule has 0 radical (unpaired) electrons. The Labute approximate surface area is 129 Å². The molecular weight excluding hydrogens is 282 g/mol. The second kappa shape index (κ2) is 7.70. The number of nitrogens with one attached hydrogen (secondary N) is 1. The van der Waals surface area contributed by atoms with Gasteiger partial charge in [0, 0.05) is 42.9 Å². The van der Waals surface area contributed by atoms with Crippen molar-refractivity contribution in [2.24, 2.45) is 5.92 Å². The molecule has 1 amide bonds. The maximum atomic E-state index is 12.0. The fourth-order valence-electron chi connectivity index (χ4n) is 2.01. The first-order chi connectivity index (χ1) is 10.6. The number of hydrogen-bond acceptors (Lipinski definition) is 5. The van der Waals surface area contributed by atoms with E-state index in [1.165, 1.54) is 0 Å². The number of carbonyl (C=O) groups excluding carboxylic acids is 1. The van der Waals surface area contributed by atoms with Crippen LogP contribution in [0.2, 0.25) is 0 Å². The van der Waals surface area contributed by atoms with Gasteiger partial charge in [0.2, 0.25) is 0 Å². The maximum Gasteiger partial charge on any atom is 0.273 e. The van der Waals surface area contributed by atoms with Gasteiger partial charge in [0.15, 0.2) is 5.69 Å². The number of amides is 1. The Bertz CT molecular complexity index is 596. The lowest BCUT2D eigenvalue weighted by Gasteiger charge is -2.14. The fourth-order valence-corrected chi connectivity index (χ4v) is 2.01. The van der Waals surface area contributed by atoms with E-state index in [-0.39, 0.29) is 30.0 Å². The first-order valence-corrected chi connectivity index (χ1v) is 7.35. The summed E-state index contributed by atoms with van der Waals surface area (Å²) >= 11 is 0.